The summed E-state index contributed by atoms with van der Waals surface area (Å²) < 4.78 is 36.8. The van der Waals surface area contributed by atoms with Gasteiger partial charge in [0, 0.05) is 93.8 Å². The Morgan fingerprint density at radius 2 is 1.59 bits per heavy atom. The van der Waals surface area contributed by atoms with Crippen molar-refractivity contribution in [1.82, 2.24) is 19.9 Å². The molecule has 1 aliphatic carbocycles. The summed E-state index contributed by atoms with van der Waals surface area (Å²) >= 11 is 0. The molecule has 5 aromatic rings. The maximum absolute atomic E-state index is 13.2. The van der Waals surface area contributed by atoms with E-state index in [1.807, 2.05) is 80.1 Å². The summed E-state index contributed by atoms with van der Waals surface area (Å²) in [5.74, 6) is 0.258. The molecule has 1 aliphatic heterocycles. The lowest BCUT2D eigenvalue weighted by atomic mass is 9.89. The van der Waals surface area contributed by atoms with E-state index in [9.17, 15) is 14.7 Å². The van der Waals surface area contributed by atoms with Crippen LogP contribution in [0.15, 0.2) is 107 Å². The van der Waals surface area contributed by atoms with Gasteiger partial charge in [0.1, 0.15) is 44.2 Å². The van der Waals surface area contributed by atoms with Crippen molar-refractivity contribution < 1.29 is 42.8 Å². The number of hydrogen-bond donors (Lipinski definition) is 2. The summed E-state index contributed by atoms with van der Waals surface area (Å²) in [6, 6.07) is 26.7. The molecule has 1 aromatic heterocycles. The first-order valence-corrected chi connectivity index (χ1v) is 21.0. The summed E-state index contributed by atoms with van der Waals surface area (Å²) in [4.78, 5) is 39.4. The van der Waals surface area contributed by atoms with Gasteiger partial charge in [-0.05, 0) is 59.6 Å². The summed E-state index contributed by atoms with van der Waals surface area (Å²) in [7, 11) is 9.28. The minimum absolute atomic E-state index is 0.118. The van der Waals surface area contributed by atoms with Gasteiger partial charge in [0.2, 0.25) is 5.36 Å². The average molecular weight is 896 g/mol. The molecule has 0 bridgehead atoms. The molecule has 340 valence electrons. The van der Waals surface area contributed by atoms with Crippen molar-refractivity contribution in [3.05, 3.63) is 124 Å². The molecule has 66 heavy (non-hydrogen) atoms. The molecule has 0 atom stereocenters. The van der Waals surface area contributed by atoms with Crippen molar-refractivity contribution in [2.45, 2.75) is 0 Å². The Morgan fingerprint density at radius 1 is 0.833 bits per heavy atom. The number of ether oxygens (including phenoxy) is 5. The lowest BCUT2D eigenvalue weighted by Crippen LogP contribution is -2.29. The molecule has 2 heterocycles. The minimum atomic E-state index is -1.41. The molecule has 0 saturated carbocycles. The Balaban J connectivity index is 0.843. The van der Waals surface area contributed by atoms with Crippen LogP contribution < -0.4 is 40.0 Å². The zero-order chi connectivity index (χ0) is 46.6. The first kappa shape index (κ1) is 46.2. The molecule has 7 rings (SSSR count). The quantitative estimate of drug-likeness (QED) is 0.0206. The predicted octanol–water partition coefficient (Wildman–Crippen LogP) is 6.16. The van der Waals surface area contributed by atoms with Crippen LogP contribution in [-0.4, -0.2) is 110 Å². The molecule has 2 aliphatic rings. The highest BCUT2D eigenvalue weighted by Gasteiger charge is 2.22. The van der Waals surface area contributed by atoms with Gasteiger partial charge in [-0.3, -0.25) is 4.79 Å². The molecule has 2 N–H and O–H groups in total. The number of carbonyl (C=O) groups is 2. The van der Waals surface area contributed by atoms with Crippen molar-refractivity contribution in [1.29, 1.82) is 0 Å². The van der Waals surface area contributed by atoms with Gasteiger partial charge in [-0.25, -0.2) is 14.5 Å². The van der Waals surface area contributed by atoms with E-state index < -0.39 is 11.9 Å². The van der Waals surface area contributed by atoms with Gasteiger partial charge in [0.15, 0.2) is 11.5 Å². The van der Waals surface area contributed by atoms with Crippen LogP contribution in [0.3, 0.4) is 0 Å². The van der Waals surface area contributed by atoms with Crippen molar-refractivity contribution in [3.63, 3.8) is 0 Å². The molecule has 18 heteroatoms. The third kappa shape index (κ3) is 11.1. The van der Waals surface area contributed by atoms with Crippen LogP contribution in [0.1, 0.15) is 20.7 Å². The Hall–Kier alpha value is -7.76. The normalized spacial score (nSPS) is 11.0. The molecule has 0 fully saturated rings. The number of azide groups is 1. The summed E-state index contributed by atoms with van der Waals surface area (Å²) in [5, 5.41) is 24.7. The van der Waals surface area contributed by atoms with Crippen LogP contribution in [0.2, 0.25) is 0 Å². The number of carboxylic acids is 1. The predicted molar refractivity (Wildman–Crippen MR) is 249 cm³/mol. The van der Waals surface area contributed by atoms with E-state index in [2.05, 4.69) is 30.6 Å². The molecular weight excluding hydrogens is 847 g/mol. The highest BCUT2D eigenvalue weighted by molar-refractivity contribution is 6.09. The minimum Gasteiger partial charge on any atom is -0.545 e. The monoisotopic (exact) mass is 895 g/mol. The Morgan fingerprint density at radius 3 is 2.32 bits per heavy atom. The summed E-state index contributed by atoms with van der Waals surface area (Å²) in [5.41, 5.74) is 13.9. The number of amides is 1. The molecule has 18 nitrogen and oxygen atoms in total. The molecular formula is C48H49N9O9. The number of rotatable bonds is 21. The van der Waals surface area contributed by atoms with Gasteiger partial charge in [-0.2, -0.15) is 0 Å². The molecule has 4 aromatic carbocycles. The van der Waals surface area contributed by atoms with E-state index in [0.717, 1.165) is 22.0 Å². The number of hydrogen-bond acceptors (Lipinski definition) is 14. The number of fused-ring (bicyclic) bond motifs is 3. The number of nitrogens with zero attached hydrogens (tertiary/aromatic N) is 7. The average Bonchev–Trinajstić information content (AvgIpc) is 3.31. The van der Waals surface area contributed by atoms with Crippen LogP contribution in [0.5, 0.6) is 11.5 Å². The number of anilines is 3. The fourth-order valence-electron chi connectivity index (χ4n) is 7.15. The standard InChI is InChI=1S/C48H49N9O9/c1-56(2)33-10-13-36-41(25-33)66-42-26-34(57(3)4)11-14-37(42)45(36)35-12-9-30(23-38(35)48(59)60)47(58)50-15-16-62-17-18-63-19-20-64-21-22-65-44-28-40-39(27-43(44)61-5)46(52-29-51-40)53-31-7-6-8-32(24-31)54-55-49/h6-14,23-29H,15-22H2,1-5H3,(H2-,50,51,52,53,58,59,60). The number of carbonyl (C=O) groups excluding carboxylic acids is 2. The number of benzene rings is 5. The lowest BCUT2D eigenvalue weighted by molar-refractivity contribution is -0.254. The number of nitrogens with one attached hydrogen (secondary N) is 2. The van der Waals surface area contributed by atoms with E-state index in [0.29, 0.717) is 95.1 Å². The second-order valence-electron chi connectivity index (χ2n) is 15.2. The third-order valence-corrected chi connectivity index (χ3v) is 10.4. The molecule has 1 amide bonds. The van der Waals surface area contributed by atoms with Crippen molar-refractivity contribution in [3.8, 4) is 33.9 Å². The topological polar surface area (TPSA) is 221 Å². The molecule has 0 saturated heterocycles. The SMILES string of the molecule is COc1cc2c(Nc3cccc(N=[N+]=[N-])c3)ncnc2cc1OCCOCCOCCOCCNC(=O)c1ccc(-c2c3ccc(=[N+](C)C)cc-3oc3cc(N(C)C)ccc23)c(C(=O)[O-])c1. The van der Waals surface area contributed by atoms with Crippen molar-refractivity contribution >= 4 is 56.6 Å². The molecule has 0 spiro atoms. The Bertz CT molecular complexity index is 2960. The number of methoxy groups -OCH3 is 1. The van der Waals surface area contributed by atoms with E-state index in [1.54, 1.807) is 49.6 Å². The highest BCUT2D eigenvalue weighted by atomic mass is 16.6. The first-order valence-electron chi connectivity index (χ1n) is 21.0. The van der Waals surface area contributed by atoms with E-state index in [4.69, 9.17) is 33.6 Å². The number of carboxylic acid groups (broad SMARTS) is 1. The number of aromatic carboxylic acids is 1. The zero-order valence-corrected chi connectivity index (χ0v) is 37.2. The van der Waals surface area contributed by atoms with E-state index in [-0.39, 0.29) is 30.9 Å². The fourth-order valence-corrected chi connectivity index (χ4v) is 7.15. The van der Waals surface area contributed by atoms with Crippen molar-refractivity contribution in [2.75, 3.05) is 98.3 Å². The van der Waals surface area contributed by atoms with Gasteiger partial charge >= 0.3 is 0 Å². The second-order valence-corrected chi connectivity index (χ2v) is 15.2. The maximum Gasteiger partial charge on any atom is 0.251 e. The van der Waals surface area contributed by atoms with Gasteiger partial charge in [0.05, 0.1) is 64.3 Å². The van der Waals surface area contributed by atoms with Crippen LogP contribution in [0, 0.1) is 0 Å². The van der Waals surface area contributed by atoms with Crippen LogP contribution in [0.4, 0.5) is 22.9 Å². The van der Waals surface area contributed by atoms with Gasteiger partial charge in [-0.1, -0.05) is 23.3 Å². The van der Waals surface area contributed by atoms with Gasteiger partial charge in [-0.15, -0.1) is 0 Å². The summed E-state index contributed by atoms with van der Waals surface area (Å²) in [6.07, 6.45) is 1.44. The Kier molecular flexibility index (Phi) is 15.2. The van der Waals surface area contributed by atoms with Crippen LogP contribution in [0.25, 0.3) is 54.8 Å². The summed E-state index contributed by atoms with van der Waals surface area (Å²) in [6.45, 7) is 2.27. The van der Waals surface area contributed by atoms with Crippen molar-refractivity contribution in [2.24, 2.45) is 5.11 Å². The highest BCUT2D eigenvalue weighted by Crippen LogP contribution is 2.42. The van der Waals surface area contributed by atoms with E-state index in [1.165, 1.54) is 12.4 Å². The lowest BCUT2D eigenvalue weighted by Gasteiger charge is -2.20. The fraction of sp³-hybridized carbons (Fsp3) is 0.271. The Labute approximate surface area is 380 Å². The second kappa shape index (κ2) is 21.7. The zero-order valence-electron chi connectivity index (χ0n) is 37.2. The largest absolute Gasteiger partial charge is 0.545 e. The van der Waals surface area contributed by atoms with Crippen LogP contribution in [-0.2, 0) is 14.2 Å². The first-order chi connectivity index (χ1) is 32.0. The maximum atomic E-state index is 13.2. The molecule has 0 radical (unpaired) electrons. The van der Waals surface area contributed by atoms with E-state index >= 15 is 0 Å². The third-order valence-electron chi connectivity index (χ3n) is 10.4. The number of aromatic nitrogens is 2. The molecule has 0 unspecified atom stereocenters. The van der Waals surface area contributed by atoms with Gasteiger partial charge in [0.25, 0.3) is 5.91 Å². The van der Waals surface area contributed by atoms with Crippen LogP contribution >= 0.6 is 0 Å². The van der Waals surface area contributed by atoms with Gasteiger partial charge < -0.3 is 53.5 Å². The smallest absolute Gasteiger partial charge is 0.251 e.